The van der Waals surface area contributed by atoms with Gasteiger partial charge < -0.3 is 14.4 Å². The molecule has 0 unspecified atom stereocenters. The van der Waals surface area contributed by atoms with Crippen LogP contribution in [0.15, 0.2) is 29.6 Å². The van der Waals surface area contributed by atoms with E-state index in [9.17, 15) is 0 Å². The van der Waals surface area contributed by atoms with Gasteiger partial charge >= 0.3 is 6.01 Å². The number of ether oxygens (including phenoxy) is 2. The molecule has 0 atom stereocenters. The Kier molecular flexibility index (Phi) is 10.5. The monoisotopic (exact) mass is 610 g/mol. The van der Waals surface area contributed by atoms with Gasteiger partial charge in [0.2, 0.25) is 0 Å². The van der Waals surface area contributed by atoms with E-state index in [1.54, 1.807) is 17.5 Å². The van der Waals surface area contributed by atoms with Crippen molar-refractivity contribution in [1.82, 2.24) is 34.3 Å². The number of thiazole rings is 1. The first kappa shape index (κ1) is 30.9. The summed E-state index contributed by atoms with van der Waals surface area (Å²) in [7, 11) is 0.986. The molecule has 1 aliphatic carbocycles. The van der Waals surface area contributed by atoms with Crippen LogP contribution in [-0.4, -0.2) is 88.3 Å². The highest BCUT2D eigenvalue weighted by atomic mass is 32.1. The third-order valence-corrected chi connectivity index (χ3v) is 10.5. The number of aryl methyl sites for hydroxylation is 1. The molecule has 3 aromatic heterocycles. The third-order valence-electron chi connectivity index (χ3n) is 7.74. The lowest BCUT2D eigenvalue weighted by Gasteiger charge is -2.31. The minimum atomic E-state index is -1.18. The van der Waals surface area contributed by atoms with Crippen LogP contribution in [0.4, 0.5) is 5.82 Å². The second-order valence-corrected chi connectivity index (χ2v) is 19.4. The van der Waals surface area contributed by atoms with Gasteiger partial charge in [-0.2, -0.15) is 9.98 Å². The summed E-state index contributed by atoms with van der Waals surface area (Å²) in [5, 5.41) is 0. The zero-order chi connectivity index (χ0) is 29.5. The minimum absolute atomic E-state index is 0.199. The van der Waals surface area contributed by atoms with Crippen molar-refractivity contribution in [2.75, 3.05) is 39.8 Å². The molecule has 0 spiro atoms. The summed E-state index contributed by atoms with van der Waals surface area (Å²) in [6, 6.07) is 3.58. The van der Waals surface area contributed by atoms with Crippen molar-refractivity contribution in [2.45, 2.75) is 84.1 Å². The Bertz CT molecular complexity index is 1360. The van der Waals surface area contributed by atoms with Gasteiger partial charge in [-0.15, -0.1) is 0 Å². The normalized spacial score (nSPS) is 18.1. The molecule has 0 amide bonds. The molecule has 3 aromatic rings. The van der Waals surface area contributed by atoms with E-state index in [1.807, 2.05) is 23.8 Å². The smallest absolute Gasteiger partial charge is 0.317 e. The van der Waals surface area contributed by atoms with Gasteiger partial charge in [0.1, 0.15) is 12.8 Å². The Morgan fingerprint density at radius 3 is 2.52 bits per heavy atom. The number of rotatable bonds is 11. The summed E-state index contributed by atoms with van der Waals surface area (Å²) in [5.41, 5.74) is 2.69. The van der Waals surface area contributed by atoms with Crippen molar-refractivity contribution >= 4 is 25.2 Å². The van der Waals surface area contributed by atoms with Crippen molar-refractivity contribution in [3.63, 3.8) is 0 Å². The van der Waals surface area contributed by atoms with Crippen LogP contribution in [-0.2, 0) is 18.0 Å². The van der Waals surface area contributed by atoms with E-state index in [2.05, 4.69) is 57.6 Å². The van der Waals surface area contributed by atoms with Crippen LogP contribution < -0.4 is 9.54 Å². The van der Waals surface area contributed by atoms with E-state index in [4.69, 9.17) is 19.5 Å². The molecular formula is C30H46N8O2SSi. The van der Waals surface area contributed by atoms with E-state index >= 15 is 0 Å². The molecular weight excluding hydrogens is 565 g/mol. The molecule has 0 aromatic carbocycles. The lowest BCUT2D eigenvalue weighted by atomic mass is 9.98. The van der Waals surface area contributed by atoms with Crippen molar-refractivity contribution in [2.24, 2.45) is 4.99 Å². The lowest BCUT2D eigenvalue weighted by molar-refractivity contribution is 0.0855. The highest BCUT2D eigenvalue weighted by molar-refractivity contribution is 7.12. The molecule has 0 bridgehead atoms. The summed E-state index contributed by atoms with van der Waals surface area (Å²) in [5.74, 6) is 0.585. The van der Waals surface area contributed by atoms with Crippen LogP contribution >= 0.6 is 11.3 Å². The Morgan fingerprint density at radius 2 is 1.81 bits per heavy atom. The fourth-order valence-corrected chi connectivity index (χ4v) is 6.80. The molecule has 2 fully saturated rings. The second-order valence-electron chi connectivity index (χ2n) is 12.8. The van der Waals surface area contributed by atoms with Crippen molar-refractivity contribution in [3.05, 3.63) is 40.8 Å². The highest BCUT2D eigenvalue weighted by Gasteiger charge is 2.19. The van der Waals surface area contributed by atoms with Gasteiger partial charge in [-0.25, -0.2) is 9.97 Å². The van der Waals surface area contributed by atoms with Crippen LogP contribution in [0.3, 0.4) is 0 Å². The maximum atomic E-state index is 6.22. The molecule has 5 rings (SSSR count). The van der Waals surface area contributed by atoms with Gasteiger partial charge in [0.25, 0.3) is 0 Å². The van der Waals surface area contributed by atoms with Gasteiger partial charge in [0.15, 0.2) is 10.6 Å². The van der Waals surface area contributed by atoms with Crippen LogP contribution in [0.5, 0.6) is 6.01 Å². The molecule has 1 aliphatic heterocycles. The van der Waals surface area contributed by atoms with Gasteiger partial charge in [0, 0.05) is 59.3 Å². The number of hydrogen-bond acceptors (Lipinski definition) is 10. The predicted molar refractivity (Wildman–Crippen MR) is 170 cm³/mol. The maximum Gasteiger partial charge on any atom is 0.317 e. The van der Waals surface area contributed by atoms with E-state index in [0.717, 1.165) is 85.0 Å². The molecule has 228 valence electrons. The zero-order valence-corrected chi connectivity index (χ0v) is 27.7. The molecule has 42 heavy (non-hydrogen) atoms. The van der Waals surface area contributed by atoms with Crippen molar-refractivity contribution < 1.29 is 9.47 Å². The largest absolute Gasteiger partial charge is 0.460 e. The lowest BCUT2D eigenvalue weighted by Crippen LogP contribution is -2.44. The number of hydrogen-bond donors (Lipinski definition) is 0. The number of nitrogens with zero attached hydrogens (tertiary/aromatic N) is 8. The Hall–Kier alpha value is -2.51. The molecule has 10 nitrogen and oxygen atoms in total. The van der Waals surface area contributed by atoms with Gasteiger partial charge in [-0.3, -0.25) is 14.5 Å². The molecule has 0 radical (unpaired) electrons. The zero-order valence-electron chi connectivity index (χ0n) is 25.9. The Labute approximate surface area is 254 Å². The van der Waals surface area contributed by atoms with Crippen LogP contribution in [0, 0.1) is 6.92 Å². The fourth-order valence-electron chi connectivity index (χ4n) is 5.09. The molecule has 1 saturated heterocycles. The molecule has 2 aliphatic rings. The summed E-state index contributed by atoms with van der Waals surface area (Å²) in [4.78, 5) is 30.2. The van der Waals surface area contributed by atoms with E-state index in [-0.39, 0.29) is 6.10 Å². The highest BCUT2D eigenvalue weighted by Crippen LogP contribution is 2.26. The first-order valence-corrected chi connectivity index (χ1v) is 19.8. The van der Waals surface area contributed by atoms with Crippen molar-refractivity contribution in [1.29, 1.82) is 0 Å². The number of aromatic nitrogens is 5. The summed E-state index contributed by atoms with van der Waals surface area (Å²) in [6.45, 7) is 15.3. The first-order valence-electron chi connectivity index (χ1n) is 15.3. The maximum absolute atomic E-state index is 6.22. The van der Waals surface area contributed by atoms with E-state index in [1.165, 1.54) is 19.3 Å². The summed E-state index contributed by atoms with van der Waals surface area (Å²) < 4.78 is 14.4. The summed E-state index contributed by atoms with van der Waals surface area (Å²) in [6.07, 6.45) is 11.7. The fraction of sp³-hybridized carbons (Fsp3) is 0.633. The van der Waals surface area contributed by atoms with Crippen LogP contribution in [0.2, 0.25) is 25.7 Å². The van der Waals surface area contributed by atoms with Gasteiger partial charge in [0.05, 0.1) is 28.7 Å². The van der Waals surface area contributed by atoms with Gasteiger partial charge in [-0.05, 0) is 51.8 Å². The van der Waals surface area contributed by atoms with Crippen molar-refractivity contribution in [3.8, 4) is 16.6 Å². The molecule has 1 saturated carbocycles. The van der Waals surface area contributed by atoms with Gasteiger partial charge in [-0.1, -0.05) is 37.4 Å². The third kappa shape index (κ3) is 9.24. The minimum Gasteiger partial charge on any atom is -0.460 e. The average Bonchev–Trinajstić information content (AvgIpc) is 3.35. The average molecular weight is 611 g/mol. The molecule has 4 heterocycles. The van der Waals surface area contributed by atoms with Crippen LogP contribution in [0.25, 0.3) is 10.6 Å². The number of piperazine rings is 1. The second kappa shape index (κ2) is 14.3. The predicted octanol–water partition coefficient (Wildman–Crippen LogP) is 5.11. The van der Waals surface area contributed by atoms with E-state index in [0.29, 0.717) is 18.6 Å². The van der Waals surface area contributed by atoms with E-state index < -0.39 is 8.07 Å². The SMILES string of the molecule is Cc1cc(-c2cn(COCC[Si](C)(C)C)c(=Nc3cnc(CN4CCN(C)CC4)cn3)s2)nc(OC2CCCCC2)n1. The summed E-state index contributed by atoms with van der Waals surface area (Å²) >= 11 is 1.57. The number of likely N-dealkylation sites (N-methyl/N-ethyl adjacent to an activating group) is 1. The molecule has 0 N–H and O–H groups in total. The Morgan fingerprint density at radius 1 is 1.02 bits per heavy atom. The van der Waals surface area contributed by atoms with Crippen LogP contribution in [0.1, 0.15) is 43.5 Å². The quantitative estimate of drug-likeness (QED) is 0.219. The standard InChI is InChI=1S/C30H46N8O2SSi/c1-23-17-26(34-29(33-23)40-25-9-7-6-8-10-25)27-21-38(22-39-15-16-42(3,4)5)30(41-27)35-28-19-31-24(18-32-28)20-37-13-11-36(2)12-14-37/h17-19,21,25H,6-16,20,22H2,1-5H3. The topological polar surface area (TPSA) is 93.8 Å². The first-order chi connectivity index (χ1) is 20.2. The Balaban J connectivity index is 1.36. The molecule has 12 heteroatoms.